The predicted molar refractivity (Wildman–Crippen MR) is 127 cm³/mol. The first-order chi connectivity index (χ1) is 15.8. The number of nitrogens with zero attached hydrogens (tertiary/aromatic N) is 4. The lowest BCUT2D eigenvalue weighted by Crippen LogP contribution is -2.42. The molecule has 5 rings (SSSR count). The molecule has 1 unspecified atom stereocenters. The number of rotatable bonds is 5. The predicted octanol–water partition coefficient (Wildman–Crippen LogP) is 4.39. The molecule has 1 atom stereocenters. The van der Waals surface area contributed by atoms with Crippen LogP contribution in [-0.2, 0) is 16.6 Å². The van der Waals surface area contributed by atoms with Crippen LogP contribution in [0.4, 0.5) is 0 Å². The molecule has 4 aromatic rings. The summed E-state index contributed by atoms with van der Waals surface area (Å²) < 4.78 is 30.7. The van der Waals surface area contributed by atoms with Gasteiger partial charge < -0.3 is 4.57 Å². The van der Waals surface area contributed by atoms with E-state index in [-0.39, 0.29) is 10.8 Å². The number of aromatic nitrogens is 3. The van der Waals surface area contributed by atoms with Crippen LogP contribution in [-0.4, -0.2) is 39.6 Å². The second-order valence-electron chi connectivity index (χ2n) is 9.29. The van der Waals surface area contributed by atoms with Gasteiger partial charge in [-0.3, -0.25) is 5.10 Å². The van der Waals surface area contributed by atoms with Gasteiger partial charge in [0, 0.05) is 47.5 Å². The maximum absolute atomic E-state index is 13.4. The highest BCUT2D eigenvalue weighted by Gasteiger charge is 2.45. The third-order valence-electron chi connectivity index (χ3n) is 6.50. The van der Waals surface area contributed by atoms with Crippen LogP contribution < -0.4 is 0 Å². The van der Waals surface area contributed by atoms with E-state index in [1.54, 1.807) is 28.7 Å². The summed E-state index contributed by atoms with van der Waals surface area (Å²) in [7, 11) is -3.70. The van der Waals surface area contributed by atoms with Gasteiger partial charge in [0.2, 0.25) is 10.0 Å². The summed E-state index contributed by atoms with van der Waals surface area (Å²) in [5.74, 6) is 0.179. The average molecular weight is 460 g/mol. The third-order valence-corrected chi connectivity index (χ3v) is 8.57. The Morgan fingerprint density at radius 3 is 2.79 bits per heavy atom. The molecular formula is C25H25N5O2S. The van der Waals surface area contributed by atoms with Crippen LogP contribution in [0.3, 0.4) is 0 Å². The van der Waals surface area contributed by atoms with Crippen molar-refractivity contribution in [3.63, 3.8) is 0 Å². The molecule has 2 aromatic carbocycles. The molecule has 0 saturated carbocycles. The first-order valence-electron chi connectivity index (χ1n) is 10.9. The van der Waals surface area contributed by atoms with Crippen LogP contribution in [0.25, 0.3) is 22.0 Å². The number of sulfonamides is 1. The maximum atomic E-state index is 13.4. The summed E-state index contributed by atoms with van der Waals surface area (Å²) in [4.78, 5) is 0.175. The highest BCUT2D eigenvalue weighted by molar-refractivity contribution is 7.89. The second kappa shape index (κ2) is 7.87. The van der Waals surface area contributed by atoms with Gasteiger partial charge in [-0.15, -0.1) is 0 Å². The minimum absolute atomic E-state index is 0.175. The highest BCUT2D eigenvalue weighted by atomic mass is 32.2. The lowest BCUT2D eigenvalue weighted by atomic mass is 9.97. The Kier molecular flexibility index (Phi) is 5.11. The third kappa shape index (κ3) is 3.84. The lowest BCUT2D eigenvalue weighted by molar-refractivity contribution is 0.291. The zero-order valence-corrected chi connectivity index (χ0v) is 19.4. The number of fused-ring (bicyclic) bond motifs is 1. The van der Waals surface area contributed by atoms with Gasteiger partial charge in [0.1, 0.15) is 0 Å². The van der Waals surface area contributed by atoms with Gasteiger partial charge >= 0.3 is 0 Å². The maximum Gasteiger partial charge on any atom is 0.243 e. The van der Waals surface area contributed by atoms with Gasteiger partial charge in [0.05, 0.1) is 22.7 Å². The Hall–Kier alpha value is -3.41. The van der Waals surface area contributed by atoms with Crippen LogP contribution in [0, 0.1) is 17.2 Å². The minimum Gasteiger partial charge on any atom is -0.347 e. The fourth-order valence-electron chi connectivity index (χ4n) is 4.98. The van der Waals surface area contributed by atoms with Crippen molar-refractivity contribution in [2.45, 2.75) is 37.2 Å². The molecule has 0 radical (unpaired) electrons. The molecule has 1 fully saturated rings. The fourth-order valence-corrected chi connectivity index (χ4v) is 6.89. The van der Waals surface area contributed by atoms with E-state index < -0.39 is 15.6 Å². The van der Waals surface area contributed by atoms with E-state index in [9.17, 15) is 13.7 Å². The molecule has 168 valence electrons. The van der Waals surface area contributed by atoms with Gasteiger partial charge in [0.15, 0.2) is 0 Å². The summed E-state index contributed by atoms with van der Waals surface area (Å²) in [6, 6.07) is 16.7. The number of H-pyrrole nitrogens is 1. The molecule has 0 aliphatic carbocycles. The average Bonchev–Trinajstić information content (AvgIpc) is 3.53. The van der Waals surface area contributed by atoms with Crippen molar-refractivity contribution < 1.29 is 8.42 Å². The summed E-state index contributed by atoms with van der Waals surface area (Å²) in [5.41, 5.74) is 3.11. The molecule has 3 heterocycles. The first kappa shape index (κ1) is 21.4. The molecule has 7 nitrogen and oxygen atoms in total. The molecule has 0 bridgehead atoms. The molecule has 8 heteroatoms. The standard InChI is InChI=1S/C25H25N5O2S/c1-25(2)12-19(17-30(25)33(31,32)23-5-3-4-18(10-23)13-26)16-29-9-8-21-11-20(6-7-24(21)29)22-14-27-28-15-22/h3-11,14-15,19H,12,16-17H2,1-2H3,(H,27,28). The number of nitrogens with one attached hydrogen (secondary N) is 1. The zero-order chi connectivity index (χ0) is 23.2. The molecule has 1 aliphatic rings. The molecule has 2 aromatic heterocycles. The largest absolute Gasteiger partial charge is 0.347 e. The Balaban J connectivity index is 1.39. The monoisotopic (exact) mass is 459 g/mol. The summed E-state index contributed by atoms with van der Waals surface area (Å²) in [6.45, 7) is 5.13. The number of nitriles is 1. The van der Waals surface area contributed by atoms with Crippen LogP contribution in [0.15, 0.2) is 72.0 Å². The Morgan fingerprint density at radius 1 is 1.18 bits per heavy atom. The van der Waals surface area contributed by atoms with E-state index in [2.05, 4.69) is 45.2 Å². The van der Waals surface area contributed by atoms with E-state index in [0.717, 1.165) is 35.0 Å². The van der Waals surface area contributed by atoms with E-state index in [0.29, 0.717) is 12.1 Å². The first-order valence-corrected chi connectivity index (χ1v) is 12.3. The molecule has 1 aliphatic heterocycles. The molecule has 1 saturated heterocycles. The van der Waals surface area contributed by atoms with E-state index in [1.807, 2.05) is 26.1 Å². The Bertz CT molecular complexity index is 1460. The molecular weight excluding hydrogens is 434 g/mol. The normalized spacial score (nSPS) is 18.5. The van der Waals surface area contributed by atoms with Crippen molar-refractivity contribution in [1.82, 2.24) is 19.1 Å². The molecule has 1 N–H and O–H groups in total. The van der Waals surface area contributed by atoms with Crippen LogP contribution in [0.5, 0.6) is 0 Å². The van der Waals surface area contributed by atoms with Gasteiger partial charge in [0.25, 0.3) is 0 Å². The van der Waals surface area contributed by atoms with Crippen molar-refractivity contribution in [2.75, 3.05) is 6.54 Å². The summed E-state index contributed by atoms with van der Waals surface area (Å²) in [6.07, 6.45) is 6.52. The zero-order valence-electron chi connectivity index (χ0n) is 18.6. The van der Waals surface area contributed by atoms with Crippen LogP contribution >= 0.6 is 0 Å². The van der Waals surface area contributed by atoms with Crippen molar-refractivity contribution >= 4 is 20.9 Å². The van der Waals surface area contributed by atoms with Gasteiger partial charge in [-0.25, -0.2) is 8.42 Å². The number of hydrogen-bond acceptors (Lipinski definition) is 4. The second-order valence-corrected chi connectivity index (χ2v) is 11.1. The Labute approximate surface area is 193 Å². The van der Waals surface area contributed by atoms with Crippen molar-refractivity contribution in [2.24, 2.45) is 5.92 Å². The Morgan fingerprint density at radius 2 is 2.03 bits per heavy atom. The van der Waals surface area contributed by atoms with Gasteiger partial charge in [-0.2, -0.15) is 14.7 Å². The molecule has 0 amide bonds. The van der Waals surface area contributed by atoms with E-state index >= 15 is 0 Å². The van der Waals surface area contributed by atoms with Crippen molar-refractivity contribution in [1.29, 1.82) is 5.26 Å². The van der Waals surface area contributed by atoms with Crippen LogP contribution in [0.2, 0.25) is 0 Å². The summed E-state index contributed by atoms with van der Waals surface area (Å²) in [5, 5.41) is 17.2. The summed E-state index contributed by atoms with van der Waals surface area (Å²) >= 11 is 0. The van der Waals surface area contributed by atoms with Crippen LogP contribution in [0.1, 0.15) is 25.8 Å². The smallest absolute Gasteiger partial charge is 0.243 e. The SMILES string of the molecule is CC1(C)CC(Cn2ccc3cc(-c4cn[nH]c4)ccc32)CN1S(=O)(=O)c1cccc(C#N)c1. The van der Waals surface area contributed by atoms with Crippen molar-refractivity contribution in [3.05, 3.63) is 72.7 Å². The molecule has 33 heavy (non-hydrogen) atoms. The van der Waals surface area contributed by atoms with E-state index in [4.69, 9.17) is 0 Å². The number of hydrogen-bond donors (Lipinski definition) is 1. The fraction of sp³-hybridized carbons (Fsp3) is 0.280. The molecule has 0 spiro atoms. The minimum atomic E-state index is -3.70. The number of benzene rings is 2. The van der Waals surface area contributed by atoms with Crippen molar-refractivity contribution in [3.8, 4) is 17.2 Å². The lowest BCUT2D eigenvalue weighted by Gasteiger charge is -2.30. The van der Waals surface area contributed by atoms with E-state index in [1.165, 1.54) is 6.07 Å². The topological polar surface area (TPSA) is 94.8 Å². The van der Waals surface area contributed by atoms with Gasteiger partial charge in [-0.1, -0.05) is 12.1 Å². The van der Waals surface area contributed by atoms with Gasteiger partial charge in [-0.05, 0) is 68.1 Å². The highest BCUT2D eigenvalue weighted by Crippen LogP contribution is 2.38. The number of aromatic amines is 1. The quantitative estimate of drug-likeness (QED) is 0.479.